The van der Waals surface area contributed by atoms with Crippen LogP contribution >= 0.6 is 15.9 Å². The van der Waals surface area contributed by atoms with Crippen molar-refractivity contribution in [1.29, 1.82) is 0 Å². The minimum Gasteiger partial charge on any atom is -0.453 e. The Kier molecular flexibility index (Phi) is 3.52. The fourth-order valence-corrected chi connectivity index (χ4v) is 1.50. The van der Waals surface area contributed by atoms with Gasteiger partial charge < -0.3 is 14.3 Å². The van der Waals surface area contributed by atoms with Crippen LogP contribution in [-0.4, -0.2) is 16.7 Å². The van der Waals surface area contributed by atoms with Gasteiger partial charge in [0.1, 0.15) is 5.76 Å². The Hall–Kier alpha value is -1.14. The first-order valence-corrected chi connectivity index (χ1v) is 5.34. The number of nitrogens with one attached hydrogen (secondary N) is 1. The predicted octanol–water partition coefficient (Wildman–Crippen LogP) is 1.76. The molecule has 2 aromatic heterocycles. The van der Waals surface area contributed by atoms with E-state index in [2.05, 4.69) is 35.9 Å². The average Bonchev–Trinajstić information content (AvgIpc) is 2.84. The van der Waals surface area contributed by atoms with E-state index in [1.165, 1.54) is 6.39 Å². The topological polar surface area (TPSA) is 64.1 Å². The van der Waals surface area contributed by atoms with Gasteiger partial charge >= 0.3 is 0 Å². The molecule has 0 saturated carbocycles. The van der Waals surface area contributed by atoms with E-state index in [-0.39, 0.29) is 0 Å². The lowest BCUT2D eigenvalue weighted by molar-refractivity contribution is 0.408. The number of halogens is 1. The molecule has 80 valence electrons. The van der Waals surface area contributed by atoms with Gasteiger partial charge in [0.25, 0.3) is 0 Å². The molecule has 0 aliphatic heterocycles. The zero-order valence-electron chi connectivity index (χ0n) is 7.94. The summed E-state index contributed by atoms with van der Waals surface area (Å²) in [6.45, 7) is 1.49. The highest BCUT2D eigenvalue weighted by Gasteiger charge is 2.00. The Morgan fingerprint density at radius 2 is 2.33 bits per heavy atom. The summed E-state index contributed by atoms with van der Waals surface area (Å²) >= 11 is 3.25. The number of hydrogen-bond donors (Lipinski definition) is 1. The summed E-state index contributed by atoms with van der Waals surface area (Å²) in [6, 6.07) is 3.79. The van der Waals surface area contributed by atoms with Crippen LogP contribution in [0.1, 0.15) is 11.6 Å². The maximum Gasteiger partial charge on any atom is 0.213 e. The molecule has 5 nitrogen and oxygen atoms in total. The molecule has 0 atom stereocenters. The van der Waals surface area contributed by atoms with E-state index in [0.717, 1.165) is 23.4 Å². The van der Waals surface area contributed by atoms with Gasteiger partial charge in [0.2, 0.25) is 6.39 Å². The van der Waals surface area contributed by atoms with E-state index in [9.17, 15) is 0 Å². The SMILES string of the molecule is Brc1ccc(CNCCc2ncon2)o1. The van der Waals surface area contributed by atoms with Gasteiger partial charge in [-0.05, 0) is 28.1 Å². The summed E-state index contributed by atoms with van der Waals surface area (Å²) in [4.78, 5) is 3.92. The van der Waals surface area contributed by atoms with Crippen LogP contribution in [0.3, 0.4) is 0 Å². The van der Waals surface area contributed by atoms with E-state index in [1.54, 1.807) is 0 Å². The second kappa shape index (κ2) is 5.09. The lowest BCUT2D eigenvalue weighted by Crippen LogP contribution is -2.16. The Morgan fingerprint density at radius 1 is 1.40 bits per heavy atom. The van der Waals surface area contributed by atoms with Crippen LogP contribution in [-0.2, 0) is 13.0 Å². The average molecular weight is 272 g/mol. The number of aromatic nitrogens is 2. The maximum atomic E-state index is 5.33. The zero-order chi connectivity index (χ0) is 10.5. The normalized spacial score (nSPS) is 10.7. The van der Waals surface area contributed by atoms with Gasteiger partial charge in [-0.1, -0.05) is 5.16 Å². The molecule has 0 aromatic carbocycles. The van der Waals surface area contributed by atoms with Crippen molar-refractivity contribution in [3.63, 3.8) is 0 Å². The fraction of sp³-hybridized carbons (Fsp3) is 0.333. The predicted molar refractivity (Wildman–Crippen MR) is 56.1 cm³/mol. The Labute approximate surface area is 95.0 Å². The van der Waals surface area contributed by atoms with Gasteiger partial charge in [-0.25, -0.2) is 0 Å². The second-order valence-electron chi connectivity index (χ2n) is 2.98. The molecule has 0 saturated heterocycles. The van der Waals surface area contributed by atoms with Gasteiger partial charge in [0.05, 0.1) is 6.54 Å². The minimum atomic E-state index is 0.698. The highest BCUT2D eigenvalue weighted by atomic mass is 79.9. The molecule has 0 aliphatic carbocycles. The summed E-state index contributed by atoms with van der Waals surface area (Å²) < 4.78 is 10.7. The van der Waals surface area contributed by atoms with Crippen LogP contribution in [0.25, 0.3) is 0 Å². The van der Waals surface area contributed by atoms with Gasteiger partial charge in [-0.15, -0.1) is 0 Å². The van der Waals surface area contributed by atoms with Crippen molar-refractivity contribution >= 4 is 15.9 Å². The molecule has 15 heavy (non-hydrogen) atoms. The molecule has 0 amide bonds. The molecule has 0 unspecified atom stereocenters. The van der Waals surface area contributed by atoms with Crippen LogP contribution < -0.4 is 5.32 Å². The lowest BCUT2D eigenvalue weighted by atomic mass is 10.4. The maximum absolute atomic E-state index is 5.33. The van der Waals surface area contributed by atoms with Crippen molar-refractivity contribution in [3.8, 4) is 0 Å². The van der Waals surface area contributed by atoms with Crippen LogP contribution in [0.15, 0.2) is 32.1 Å². The molecule has 2 rings (SSSR count). The molecule has 6 heteroatoms. The molecule has 2 aromatic rings. The number of nitrogens with zero attached hydrogens (tertiary/aromatic N) is 2. The standard InChI is InChI=1S/C9H10BrN3O2/c10-8-2-1-7(15-8)5-11-4-3-9-12-6-14-13-9/h1-2,6,11H,3-5H2. The third-order valence-electron chi connectivity index (χ3n) is 1.86. The molecule has 0 fully saturated rings. The number of hydrogen-bond acceptors (Lipinski definition) is 5. The molecule has 0 aliphatic rings. The van der Waals surface area contributed by atoms with E-state index in [1.807, 2.05) is 12.1 Å². The van der Waals surface area contributed by atoms with Gasteiger partial charge in [-0.3, -0.25) is 0 Å². The highest BCUT2D eigenvalue weighted by Crippen LogP contribution is 2.13. The summed E-state index contributed by atoms with van der Waals surface area (Å²) in [5, 5.41) is 6.92. The second-order valence-corrected chi connectivity index (χ2v) is 3.76. The third-order valence-corrected chi connectivity index (χ3v) is 2.29. The van der Waals surface area contributed by atoms with Crippen molar-refractivity contribution in [2.45, 2.75) is 13.0 Å². The first-order valence-electron chi connectivity index (χ1n) is 4.55. The van der Waals surface area contributed by atoms with E-state index >= 15 is 0 Å². The van der Waals surface area contributed by atoms with Gasteiger partial charge in [0.15, 0.2) is 10.5 Å². The largest absolute Gasteiger partial charge is 0.453 e. The van der Waals surface area contributed by atoms with E-state index in [4.69, 9.17) is 4.42 Å². The van der Waals surface area contributed by atoms with Crippen molar-refractivity contribution in [2.75, 3.05) is 6.54 Å². The van der Waals surface area contributed by atoms with E-state index in [0.29, 0.717) is 12.4 Å². The van der Waals surface area contributed by atoms with Crippen LogP contribution in [0.4, 0.5) is 0 Å². The van der Waals surface area contributed by atoms with Crippen molar-refractivity contribution in [3.05, 3.63) is 34.8 Å². The smallest absolute Gasteiger partial charge is 0.213 e. The van der Waals surface area contributed by atoms with Crippen LogP contribution in [0.5, 0.6) is 0 Å². The van der Waals surface area contributed by atoms with Crippen LogP contribution in [0.2, 0.25) is 0 Å². The third kappa shape index (κ3) is 3.17. The quantitative estimate of drug-likeness (QED) is 0.840. The van der Waals surface area contributed by atoms with Crippen molar-refractivity contribution in [2.24, 2.45) is 0 Å². The van der Waals surface area contributed by atoms with E-state index < -0.39 is 0 Å². The molecular formula is C9H10BrN3O2. The Morgan fingerprint density at radius 3 is 3.00 bits per heavy atom. The monoisotopic (exact) mass is 271 g/mol. The summed E-state index contributed by atoms with van der Waals surface area (Å²) in [5.74, 6) is 1.61. The fourth-order valence-electron chi connectivity index (χ4n) is 1.16. The summed E-state index contributed by atoms with van der Waals surface area (Å²) in [7, 11) is 0. The van der Waals surface area contributed by atoms with Gasteiger partial charge in [0, 0.05) is 13.0 Å². The zero-order valence-corrected chi connectivity index (χ0v) is 9.53. The van der Waals surface area contributed by atoms with Crippen LogP contribution in [0, 0.1) is 0 Å². The molecule has 0 radical (unpaired) electrons. The molecular weight excluding hydrogens is 262 g/mol. The molecule has 0 bridgehead atoms. The number of furan rings is 1. The Balaban J connectivity index is 1.67. The van der Waals surface area contributed by atoms with Crippen molar-refractivity contribution in [1.82, 2.24) is 15.5 Å². The summed E-state index contributed by atoms with van der Waals surface area (Å²) in [5.41, 5.74) is 0. The molecule has 1 N–H and O–H groups in total. The first-order chi connectivity index (χ1) is 7.34. The highest BCUT2D eigenvalue weighted by molar-refractivity contribution is 9.10. The lowest BCUT2D eigenvalue weighted by Gasteiger charge is -1.99. The summed E-state index contributed by atoms with van der Waals surface area (Å²) in [6.07, 6.45) is 2.08. The van der Waals surface area contributed by atoms with Gasteiger partial charge in [-0.2, -0.15) is 4.98 Å². The van der Waals surface area contributed by atoms with Crippen molar-refractivity contribution < 1.29 is 8.94 Å². The minimum absolute atomic E-state index is 0.698. The number of rotatable bonds is 5. The molecule has 0 spiro atoms. The first kappa shape index (κ1) is 10.4. The molecule has 2 heterocycles. The Bertz CT molecular complexity index is 399.